The molecule has 2 aromatic carbocycles. The fourth-order valence-electron chi connectivity index (χ4n) is 1.55. The molecule has 0 unspecified atom stereocenters. The molecule has 0 aliphatic heterocycles. The quantitative estimate of drug-likeness (QED) is 0.842. The predicted octanol–water partition coefficient (Wildman–Crippen LogP) is 3.20. The largest absolute Gasteiger partial charge is 0.457 e. The molecule has 16 heavy (non-hydrogen) atoms. The maximum atomic E-state index is 5.74. The number of rotatable bonds is 4. The molecule has 0 aliphatic rings. The molecule has 0 fully saturated rings. The number of nitrogens with one attached hydrogen (secondary N) is 1. The van der Waals surface area contributed by atoms with Gasteiger partial charge in [-0.25, -0.2) is 0 Å². The third-order valence-electron chi connectivity index (χ3n) is 2.26. The lowest BCUT2D eigenvalue weighted by atomic mass is 10.2. The van der Waals surface area contributed by atoms with Gasteiger partial charge in [0.25, 0.3) is 0 Å². The van der Waals surface area contributed by atoms with Crippen molar-refractivity contribution >= 4 is 0 Å². The minimum atomic E-state index is 0.853. The van der Waals surface area contributed by atoms with Gasteiger partial charge in [-0.05, 0) is 36.9 Å². The predicted molar refractivity (Wildman–Crippen MR) is 65.7 cm³/mol. The standard InChI is InChI=1S/C14H15NO/c1-15-11-12-6-5-9-14(10-12)16-13-7-3-2-4-8-13/h2-10,15H,11H2,1H3. The molecule has 0 saturated carbocycles. The zero-order valence-electron chi connectivity index (χ0n) is 9.31. The molecule has 0 radical (unpaired) electrons. The molecule has 82 valence electrons. The van der Waals surface area contributed by atoms with E-state index in [9.17, 15) is 0 Å². The van der Waals surface area contributed by atoms with Crippen LogP contribution in [-0.4, -0.2) is 7.05 Å². The SMILES string of the molecule is CNCc1cccc(Oc2ccccc2)c1. The Bertz CT molecular complexity index is 439. The molecule has 2 aromatic rings. The molecular formula is C14H15NO. The Morgan fingerprint density at radius 2 is 1.69 bits per heavy atom. The van der Waals surface area contributed by atoms with Crippen molar-refractivity contribution in [2.45, 2.75) is 6.54 Å². The second-order valence-corrected chi connectivity index (χ2v) is 3.59. The van der Waals surface area contributed by atoms with Crippen LogP contribution in [0.3, 0.4) is 0 Å². The van der Waals surface area contributed by atoms with Crippen molar-refractivity contribution in [1.29, 1.82) is 0 Å². The van der Waals surface area contributed by atoms with E-state index >= 15 is 0 Å². The van der Waals surface area contributed by atoms with Crippen LogP contribution in [-0.2, 0) is 6.54 Å². The molecule has 0 heterocycles. The fourth-order valence-corrected chi connectivity index (χ4v) is 1.55. The zero-order chi connectivity index (χ0) is 11.2. The summed E-state index contributed by atoms with van der Waals surface area (Å²) in [5.74, 6) is 1.74. The summed E-state index contributed by atoms with van der Waals surface area (Å²) in [6.45, 7) is 0.853. The van der Waals surface area contributed by atoms with Crippen molar-refractivity contribution in [2.24, 2.45) is 0 Å². The van der Waals surface area contributed by atoms with E-state index in [4.69, 9.17) is 4.74 Å². The maximum Gasteiger partial charge on any atom is 0.127 e. The highest BCUT2D eigenvalue weighted by Gasteiger charge is 1.97. The lowest BCUT2D eigenvalue weighted by Gasteiger charge is -2.07. The topological polar surface area (TPSA) is 21.3 Å². The van der Waals surface area contributed by atoms with E-state index in [0.717, 1.165) is 18.0 Å². The molecule has 1 N–H and O–H groups in total. The van der Waals surface area contributed by atoms with Crippen LogP contribution in [0.25, 0.3) is 0 Å². The zero-order valence-corrected chi connectivity index (χ0v) is 9.31. The minimum absolute atomic E-state index is 0.853. The first-order valence-corrected chi connectivity index (χ1v) is 5.35. The van der Waals surface area contributed by atoms with Crippen LogP contribution in [0.1, 0.15) is 5.56 Å². The van der Waals surface area contributed by atoms with Gasteiger partial charge in [-0.3, -0.25) is 0 Å². The van der Waals surface area contributed by atoms with E-state index in [-0.39, 0.29) is 0 Å². The van der Waals surface area contributed by atoms with E-state index in [1.807, 2.05) is 55.6 Å². The second-order valence-electron chi connectivity index (χ2n) is 3.59. The molecule has 0 amide bonds. The summed E-state index contributed by atoms with van der Waals surface area (Å²) < 4.78 is 5.74. The molecular weight excluding hydrogens is 198 g/mol. The molecule has 2 rings (SSSR count). The van der Waals surface area contributed by atoms with Gasteiger partial charge in [0.05, 0.1) is 0 Å². The Hall–Kier alpha value is -1.80. The fraction of sp³-hybridized carbons (Fsp3) is 0.143. The average Bonchev–Trinajstić information content (AvgIpc) is 2.31. The van der Waals surface area contributed by atoms with Crippen LogP contribution in [0, 0.1) is 0 Å². The summed E-state index contributed by atoms with van der Waals surface area (Å²) in [4.78, 5) is 0. The number of ether oxygens (including phenoxy) is 1. The van der Waals surface area contributed by atoms with Crippen LogP contribution in [0.2, 0.25) is 0 Å². The monoisotopic (exact) mass is 213 g/mol. The van der Waals surface area contributed by atoms with Crippen LogP contribution in [0.5, 0.6) is 11.5 Å². The summed E-state index contributed by atoms with van der Waals surface area (Å²) >= 11 is 0. The number of benzene rings is 2. The third kappa shape index (κ3) is 2.84. The van der Waals surface area contributed by atoms with E-state index in [1.165, 1.54) is 5.56 Å². The lowest BCUT2D eigenvalue weighted by molar-refractivity contribution is 0.482. The van der Waals surface area contributed by atoms with Crippen molar-refractivity contribution in [3.8, 4) is 11.5 Å². The number of hydrogen-bond acceptors (Lipinski definition) is 2. The summed E-state index contributed by atoms with van der Waals surface area (Å²) in [6, 6.07) is 17.9. The first kappa shape index (κ1) is 10.7. The number of para-hydroxylation sites is 1. The van der Waals surface area contributed by atoms with Gasteiger partial charge in [0.2, 0.25) is 0 Å². The van der Waals surface area contributed by atoms with E-state index in [1.54, 1.807) is 0 Å². The first-order chi connectivity index (χ1) is 7.88. The Kier molecular flexibility index (Phi) is 3.57. The second kappa shape index (κ2) is 5.33. The third-order valence-corrected chi connectivity index (χ3v) is 2.26. The Labute approximate surface area is 95.9 Å². The van der Waals surface area contributed by atoms with Crippen molar-refractivity contribution < 1.29 is 4.74 Å². The van der Waals surface area contributed by atoms with Crippen LogP contribution >= 0.6 is 0 Å². The Morgan fingerprint density at radius 1 is 0.938 bits per heavy atom. The highest BCUT2D eigenvalue weighted by Crippen LogP contribution is 2.21. The Morgan fingerprint density at radius 3 is 2.44 bits per heavy atom. The van der Waals surface area contributed by atoms with Crippen LogP contribution in [0.4, 0.5) is 0 Å². The summed E-state index contributed by atoms with van der Waals surface area (Å²) in [7, 11) is 1.94. The van der Waals surface area contributed by atoms with Gasteiger partial charge >= 0.3 is 0 Å². The highest BCUT2D eigenvalue weighted by molar-refractivity contribution is 5.33. The summed E-state index contributed by atoms with van der Waals surface area (Å²) in [5.41, 5.74) is 1.22. The molecule has 2 heteroatoms. The van der Waals surface area contributed by atoms with Gasteiger partial charge < -0.3 is 10.1 Å². The number of hydrogen-bond donors (Lipinski definition) is 1. The van der Waals surface area contributed by atoms with Gasteiger partial charge in [0, 0.05) is 6.54 Å². The molecule has 2 nitrogen and oxygen atoms in total. The molecule has 0 aromatic heterocycles. The average molecular weight is 213 g/mol. The van der Waals surface area contributed by atoms with Gasteiger partial charge in [-0.15, -0.1) is 0 Å². The molecule has 0 spiro atoms. The van der Waals surface area contributed by atoms with Crippen molar-refractivity contribution in [1.82, 2.24) is 5.32 Å². The van der Waals surface area contributed by atoms with Gasteiger partial charge in [0.15, 0.2) is 0 Å². The van der Waals surface area contributed by atoms with Gasteiger partial charge in [-0.1, -0.05) is 30.3 Å². The first-order valence-electron chi connectivity index (χ1n) is 5.35. The summed E-state index contributed by atoms with van der Waals surface area (Å²) in [6.07, 6.45) is 0. The normalized spacial score (nSPS) is 10.1. The molecule has 0 saturated heterocycles. The van der Waals surface area contributed by atoms with Gasteiger partial charge in [-0.2, -0.15) is 0 Å². The minimum Gasteiger partial charge on any atom is -0.457 e. The van der Waals surface area contributed by atoms with Crippen LogP contribution < -0.4 is 10.1 Å². The summed E-state index contributed by atoms with van der Waals surface area (Å²) in [5, 5.41) is 3.12. The Balaban J connectivity index is 2.12. The smallest absolute Gasteiger partial charge is 0.127 e. The van der Waals surface area contributed by atoms with Gasteiger partial charge in [0.1, 0.15) is 11.5 Å². The van der Waals surface area contributed by atoms with Crippen molar-refractivity contribution in [3.63, 3.8) is 0 Å². The highest BCUT2D eigenvalue weighted by atomic mass is 16.5. The molecule has 0 bridgehead atoms. The van der Waals surface area contributed by atoms with E-state index in [2.05, 4.69) is 11.4 Å². The van der Waals surface area contributed by atoms with Crippen molar-refractivity contribution in [3.05, 3.63) is 60.2 Å². The van der Waals surface area contributed by atoms with Crippen molar-refractivity contribution in [2.75, 3.05) is 7.05 Å². The molecule has 0 atom stereocenters. The van der Waals surface area contributed by atoms with Crippen LogP contribution in [0.15, 0.2) is 54.6 Å². The van der Waals surface area contributed by atoms with E-state index in [0.29, 0.717) is 0 Å². The van der Waals surface area contributed by atoms with E-state index < -0.39 is 0 Å². The molecule has 0 aliphatic carbocycles. The maximum absolute atomic E-state index is 5.74. The lowest BCUT2D eigenvalue weighted by Crippen LogP contribution is -2.04.